The predicted molar refractivity (Wildman–Crippen MR) is 119 cm³/mol. The molecule has 1 fully saturated rings. The van der Waals surface area contributed by atoms with Gasteiger partial charge >= 0.3 is 5.97 Å². The second-order valence-corrected chi connectivity index (χ2v) is 9.00. The summed E-state index contributed by atoms with van der Waals surface area (Å²) in [5, 5.41) is 2.68. The van der Waals surface area contributed by atoms with Crippen molar-refractivity contribution in [2.24, 2.45) is 0 Å². The van der Waals surface area contributed by atoms with Gasteiger partial charge in [-0.05, 0) is 49.6 Å². The average Bonchev–Trinajstić information content (AvgIpc) is 3.32. The first-order chi connectivity index (χ1) is 14.9. The largest absolute Gasteiger partial charge is 0.465 e. The van der Waals surface area contributed by atoms with Crippen molar-refractivity contribution in [2.45, 2.75) is 31.1 Å². The molecular formula is C22H27N3O5S. The van der Waals surface area contributed by atoms with Gasteiger partial charge in [-0.15, -0.1) is 0 Å². The minimum Gasteiger partial charge on any atom is -0.465 e. The molecule has 0 bridgehead atoms. The fraction of sp³-hybridized carbons (Fsp3) is 0.364. The molecule has 2 N–H and O–H groups in total. The van der Waals surface area contributed by atoms with Crippen LogP contribution in [0.25, 0.3) is 0 Å². The number of methoxy groups -OCH3 is 1. The molecule has 3 rings (SSSR count). The quantitative estimate of drug-likeness (QED) is 0.605. The number of ether oxygens (including phenoxy) is 1. The Morgan fingerprint density at radius 3 is 2.48 bits per heavy atom. The molecule has 31 heavy (non-hydrogen) atoms. The molecule has 166 valence electrons. The minimum absolute atomic E-state index is 0.0803. The van der Waals surface area contributed by atoms with Crippen molar-refractivity contribution in [3.63, 3.8) is 0 Å². The van der Waals surface area contributed by atoms with E-state index in [0.29, 0.717) is 18.7 Å². The number of nitrogens with one attached hydrogen (secondary N) is 2. The zero-order valence-corrected chi connectivity index (χ0v) is 18.5. The third-order valence-corrected chi connectivity index (χ3v) is 6.57. The van der Waals surface area contributed by atoms with Crippen LogP contribution < -0.4 is 14.9 Å². The van der Waals surface area contributed by atoms with Crippen molar-refractivity contribution in [1.82, 2.24) is 4.72 Å². The van der Waals surface area contributed by atoms with Crippen LogP contribution in [0.2, 0.25) is 0 Å². The Morgan fingerprint density at radius 2 is 1.81 bits per heavy atom. The number of hydrogen-bond acceptors (Lipinski definition) is 6. The van der Waals surface area contributed by atoms with Gasteiger partial charge in [0.15, 0.2) is 0 Å². The van der Waals surface area contributed by atoms with E-state index >= 15 is 0 Å². The molecule has 2 aromatic carbocycles. The molecule has 0 radical (unpaired) electrons. The van der Waals surface area contributed by atoms with Gasteiger partial charge in [0.1, 0.15) is 4.90 Å². The highest BCUT2D eigenvalue weighted by atomic mass is 32.2. The van der Waals surface area contributed by atoms with Crippen LogP contribution in [0.5, 0.6) is 0 Å². The maximum Gasteiger partial charge on any atom is 0.339 e. The van der Waals surface area contributed by atoms with E-state index in [1.54, 1.807) is 36.4 Å². The molecule has 0 unspecified atom stereocenters. The van der Waals surface area contributed by atoms with Crippen LogP contribution >= 0.6 is 0 Å². The highest BCUT2D eigenvalue weighted by Gasteiger charge is 2.25. The van der Waals surface area contributed by atoms with Gasteiger partial charge in [-0.2, -0.15) is 0 Å². The molecule has 1 aliphatic heterocycles. The molecule has 1 heterocycles. The van der Waals surface area contributed by atoms with E-state index in [2.05, 4.69) is 10.0 Å². The van der Waals surface area contributed by atoms with Gasteiger partial charge in [0.2, 0.25) is 10.0 Å². The van der Waals surface area contributed by atoms with Crippen molar-refractivity contribution in [3.05, 3.63) is 53.6 Å². The van der Waals surface area contributed by atoms with Gasteiger partial charge in [-0.25, -0.2) is 17.9 Å². The second kappa shape index (κ2) is 9.93. The number of sulfonamides is 1. The smallest absolute Gasteiger partial charge is 0.339 e. The Labute approximate surface area is 182 Å². The second-order valence-electron chi connectivity index (χ2n) is 7.27. The number of para-hydroxylation sites is 1. The van der Waals surface area contributed by atoms with Crippen molar-refractivity contribution >= 4 is 33.3 Å². The Balaban J connectivity index is 1.96. The number of rotatable bonds is 8. The normalized spacial score (nSPS) is 13.8. The molecular weight excluding hydrogens is 418 g/mol. The highest BCUT2D eigenvalue weighted by molar-refractivity contribution is 7.89. The Kier molecular flexibility index (Phi) is 7.29. The predicted octanol–water partition coefficient (Wildman–Crippen LogP) is 3.01. The Bertz CT molecular complexity index is 1060. The molecule has 2 aromatic rings. The fourth-order valence-electron chi connectivity index (χ4n) is 3.48. The SMILES string of the molecule is CCCNS(=O)(=O)c1cc(C(=O)Nc2ccccc2C(=O)OC)ccc1N1CCCC1. The maximum atomic E-state index is 13.0. The summed E-state index contributed by atoms with van der Waals surface area (Å²) in [5.74, 6) is -1.09. The van der Waals surface area contributed by atoms with E-state index in [9.17, 15) is 18.0 Å². The molecule has 0 atom stereocenters. The molecule has 8 nitrogen and oxygen atoms in total. The molecule has 9 heteroatoms. The lowest BCUT2D eigenvalue weighted by molar-refractivity contribution is 0.0602. The topological polar surface area (TPSA) is 105 Å². The van der Waals surface area contributed by atoms with Crippen LogP contribution in [-0.2, 0) is 14.8 Å². The van der Waals surface area contributed by atoms with Gasteiger partial charge in [0.25, 0.3) is 5.91 Å². The van der Waals surface area contributed by atoms with E-state index in [1.807, 2.05) is 11.8 Å². The summed E-state index contributed by atoms with van der Waals surface area (Å²) >= 11 is 0. The first-order valence-electron chi connectivity index (χ1n) is 10.2. The first-order valence-corrected chi connectivity index (χ1v) is 11.7. The number of nitrogens with zero attached hydrogens (tertiary/aromatic N) is 1. The molecule has 1 aliphatic rings. The number of carbonyl (C=O) groups is 2. The molecule has 1 saturated heterocycles. The average molecular weight is 446 g/mol. The van der Waals surface area contributed by atoms with Crippen molar-refractivity contribution in [2.75, 3.05) is 37.0 Å². The summed E-state index contributed by atoms with van der Waals surface area (Å²) in [4.78, 5) is 27.0. The highest BCUT2D eigenvalue weighted by Crippen LogP contribution is 2.30. The lowest BCUT2D eigenvalue weighted by Crippen LogP contribution is -2.28. The number of hydrogen-bond donors (Lipinski definition) is 2. The molecule has 0 aliphatic carbocycles. The Morgan fingerprint density at radius 1 is 1.10 bits per heavy atom. The minimum atomic E-state index is -3.79. The van der Waals surface area contributed by atoms with Crippen molar-refractivity contribution in [3.8, 4) is 0 Å². The summed E-state index contributed by atoms with van der Waals surface area (Å²) < 4.78 is 33.3. The zero-order valence-electron chi connectivity index (χ0n) is 17.7. The third kappa shape index (κ3) is 5.23. The van der Waals surface area contributed by atoms with E-state index < -0.39 is 21.9 Å². The fourth-order valence-corrected chi connectivity index (χ4v) is 4.86. The van der Waals surface area contributed by atoms with Gasteiger partial charge < -0.3 is 15.0 Å². The molecule has 0 aromatic heterocycles. The summed E-state index contributed by atoms with van der Waals surface area (Å²) in [6.45, 7) is 3.74. The molecule has 0 saturated carbocycles. The van der Waals surface area contributed by atoms with E-state index in [-0.39, 0.29) is 21.7 Å². The van der Waals surface area contributed by atoms with E-state index in [1.165, 1.54) is 13.2 Å². The van der Waals surface area contributed by atoms with Crippen LogP contribution in [0.15, 0.2) is 47.4 Å². The Hall–Kier alpha value is -2.91. The van der Waals surface area contributed by atoms with Crippen LogP contribution in [0.4, 0.5) is 11.4 Å². The van der Waals surface area contributed by atoms with Crippen LogP contribution in [-0.4, -0.2) is 47.0 Å². The lowest BCUT2D eigenvalue weighted by Gasteiger charge is -2.22. The number of anilines is 2. The van der Waals surface area contributed by atoms with Crippen molar-refractivity contribution < 1.29 is 22.7 Å². The summed E-state index contributed by atoms with van der Waals surface area (Å²) in [6, 6.07) is 11.1. The number of amides is 1. The van der Waals surface area contributed by atoms with Gasteiger partial charge in [0.05, 0.1) is 24.0 Å². The van der Waals surface area contributed by atoms with Crippen LogP contribution in [0.1, 0.15) is 46.9 Å². The first kappa shape index (κ1) is 22.8. The van der Waals surface area contributed by atoms with Gasteiger partial charge in [-0.1, -0.05) is 19.1 Å². The van der Waals surface area contributed by atoms with E-state index in [0.717, 1.165) is 25.9 Å². The monoisotopic (exact) mass is 445 g/mol. The lowest BCUT2D eigenvalue weighted by atomic mass is 10.1. The van der Waals surface area contributed by atoms with E-state index in [4.69, 9.17) is 4.74 Å². The van der Waals surface area contributed by atoms with Gasteiger partial charge in [0, 0.05) is 25.2 Å². The maximum absolute atomic E-state index is 13.0. The van der Waals surface area contributed by atoms with Crippen LogP contribution in [0, 0.1) is 0 Å². The molecule has 1 amide bonds. The van der Waals surface area contributed by atoms with Crippen LogP contribution in [0.3, 0.4) is 0 Å². The summed E-state index contributed by atoms with van der Waals surface area (Å²) in [7, 11) is -2.53. The molecule has 0 spiro atoms. The van der Waals surface area contributed by atoms with Crippen molar-refractivity contribution in [1.29, 1.82) is 0 Å². The number of esters is 1. The number of carbonyl (C=O) groups excluding carboxylic acids is 2. The third-order valence-electron chi connectivity index (χ3n) is 5.08. The number of benzene rings is 2. The standard InChI is InChI=1S/C22H27N3O5S/c1-3-12-23-31(28,29)20-15-16(10-11-19(20)25-13-6-7-14-25)21(26)24-18-9-5-4-8-17(18)22(27)30-2/h4-5,8-11,15,23H,3,6-7,12-14H2,1-2H3,(H,24,26). The summed E-state index contributed by atoms with van der Waals surface area (Å²) in [5.41, 5.74) is 1.27. The zero-order chi connectivity index (χ0) is 22.4. The van der Waals surface area contributed by atoms with Gasteiger partial charge in [-0.3, -0.25) is 4.79 Å². The summed E-state index contributed by atoms with van der Waals surface area (Å²) in [6.07, 6.45) is 2.64.